The molecule has 2 aliphatic rings. The van der Waals surface area contributed by atoms with Crippen LogP contribution in [-0.4, -0.2) is 98.1 Å². The number of carbonyl (C=O) groups excluding carboxylic acids is 1. The number of sulfonamides is 1. The maximum atomic E-state index is 13.5. The largest absolute Gasteiger partial charge is 0.490 e. The monoisotopic (exact) mass is 523 g/mol. The van der Waals surface area contributed by atoms with Gasteiger partial charge in [-0.05, 0) is 32.6 Å². The first-order chi connectivity index (χ1) is 16.2. The number of likely N-dealkylation sites (tertiary alicyclic amines) is 1. The SMILES string of the molecule is CC(C)C(=O)N1CC[C@@H]2Oc3ccccc3S(=O)(=O)N(CCN(C)C)[C@H]2CC1.O=C(O)C(F)(F)F. The Labute approximate surface area is 203 Å². The highest BCUT2D eigenvalue weighted by molar-refractivity contribution is 7.89. The van der Waals surface area contributed by atoms with Gasteiger partial charge in [-0.3, -0.25) is 4.79 Å². The van der Waals surface area contributed by atoms with Gasteiger partial charge in [-0.2, -0.15) is 17.5 Å². The van der Waals surface area contributed by atoms with E-state index in [1.807, 2.05) is 37.7 Å². The van der Waals surface area contributed by atoms with Crippen LogP contribution in [0.4, 0.5) is 13.2 Å². The zero-order valence-corrected chi connectivity index (χ0v) is 21.0. The Morgan fingerprint density at radius 1 is 1.17 bits per heavy atom. The summed E-state index contributed by atoms with van der Waals surface area (Å²) in [6.45, 7) is 5.94. The zero-order chi connectivity index (χ0) is 26.6. The molecule has 0 spiro atoms. The topological polar surface area (TPSA) is 107 Å². The Bertz CT molecular complexity index is 1000. The number of alkyl halides is 3. The summed E-state index contributed by atoms with van der Waals surface area (Å²) in [6, 6.07) is 6.58. The zero-order valence-electron chi connectivity index (χ0n) is 20.2. The molecule has 3 rings (SSSR count). The lowest BCUT2D eigenvalue weighted by atomic mass is 10.1. The fraction of sp³-hybridized carbons (Fsp3) is 0.636. The Kier molecular flexibility index (Phi) is 9.54. The second-order valence-electron chi connectivity index (χ2n) is 8.95. The third kappa shape index (κ3) is 7.31. The molecular weight excluding hydrogens is 491 g/mol. The molecule has 2 aliphatic heterocycles. The first-order valence-electron chi connectivity index (χ1n) is 11.2. The van der Waals surface area contributed by atoms with E-state index >= 15 is 0 Å². The van der Waals surface area contributed by atoms with Crippen LogP contribution < -0.4 is 4.74 Å². The van der Waals surface area contributed by atoms with Crippen molar-refractivity contribution in [1.29, 1.82) is 0 Å². The summed E-state index contributed by atoms with van der Waals surface area (Å²) in [7, 11) is 0.189. The Morgan fingerprint density at radius 2 is 1.74 bits per heavy atom. The van der Waals surface area contributed by atoms with Crippen molar-refractivity contribution >= 4 is 21.9 Å². The van der Waals surface area contributed by atoms with Crippen molar-refractivity contribution < 1.29 is 41.0 Å². The molecule has 0 aromatic heterocycles. The summed E-state index contributed by atoms with van der Waals surface area (Å²) >= 11 is 0. The van der Waals surface area contributed by atoms with Crippen LogP contribution in [0.3, 0.4) is 0 Å². The molecule has 198 valence electrons. The molecule has 0 bridgehead atoms. The summed E-state index contributed by atoms with van der Waals surface area (Å²) in [6.07, 6.45) is -4.17. The lowest BCUT2D eigenvalue weighted by Crippen LogP contribution is -2.49. The van der Waals surface area contributed by atoms with E-state index in [1.54, 1.807) is 28.6 Å². The van der Waals surface area contributed by atoms with Gasteiger partial charge in [-0.1, -0.05) is 26.0 Å². The molecule has 13 heteroatoms. The number of carboxylic acids is 1. The fourth-order valence-electron chi connectivity index (χ4n) is 3.93. The van der Waals surface area contributed by atoms with Crippen molar-refractivity contribution in [2.45, 2.75) is 49.9 Å². The quantitative estimate of drug-likeness (QED) is 0.645. The molecule has 1 aromatic carbocycles. The third-order valence-corrected chi connectivity index (χ3v) is 7.67. The standard InChI is InChI=1S/C20H31N3O4S.C2HF3O2/c1-15(2)20(24)22-11-9-16-17(10-12-22)27-18-7-5-6-8-19(18)28(25,26)23(16)14-13-21(3)4;3-2(4,5)1(6)7/h5-8,15-17H,9-14H2,1-4H3;(H,6,7)/t16-,17-;/m0./s1. The van der Waals surface area contributed by atoms with Crippen LogP contribution in [0.2, 0.25) is 0 Å². The Morgan fingerprint density at radius 3 is 2.29 bits per heavy atom. The first kappa shape index (κ1) is 28.9. The highest BCUT2D eigenvalue weighted by Gasteiger charge is 2.43. The normalized spacial score (nSPS) is 22.1. The van der Waals surface area contributed by atoms with Gasteiger partial charge in [0.25, 0.3) is 0 Å². The lowest BCUT2D eigenvalue weighted by Gasteiger charge is -2.32. The predicted octanol–water partition coefficient (Wildman–Crippen LogP) is 2.28. The van der Waals surface area contributed by atoms with Gasteiger partial charge in [0.15, 0.2) is 0 Å². The van der Waals surface area contributed by atoms with E-state index in [1.165, 1.54) is 0 Å². The maximum absolute atomic E-state index is 13.5. The molecule has 35 heavy (non-hydrogen) atoms. The first-order valence-corrected chi connectivity index (χ1v) is 12.6. The lowest BCUT2D eigenvalue weighted by molar-refractivity contribution is -0.192. The van der Waals surface area contributed by atoms with Gasteiger partial charge in [0, 0.05) is 38.5 Å². The molecule has 0 aliphatic carbocycles. The van der Waals surface area contributed by atoms with Crippen LogP contribution in [0, 0.1) is 5.92 Å². The number of aliphatic carboxylic acids is 1. The second-order valence-corrected chi connectivity index (χ2v) is 10.8. The van der Waals surface area contributed by atoms with Gasteiger partial charge < -0.3 is 19.6 Å². The minimum absolute atomic E-state index is 0.0712. The summed E-state index contributed by atoms with van der Waals surface area (Å²) < 4.78 is 66.5. The number of nitrogens with zero attached hydrogens (tertiary/aromatic N) is 3. The molecule has 1 aromatic rings. The van der Waals surface area contributed by atoms with Crippen LogP contribution in [0.1, 0.15) is 26.7 Å². The number of carboxylic acid groups (broad SMARTS) is 1. The molecule has 0 saturated carbocycles. The fourth-order valence-corrected chi connectivity index (χ4v) is 5.72. The number of benzene rings is 1. The van der Waals surface area contributed by atoms with E-state index in [9.17, 15) is 26.4 Å². The molecule has 1 amide bonds. The van der Waals surface area contributed by atoms with Crippen molar-refractivity contribution in [2.24, 2.45) is 5.92 Å². The average molecular weight is 524 g/mol. The molecule has 2 heterocycles. The van der Waals surface area contributed by atoms with Crippen molar-refractivity contribution in [3.8, 4) is 5.75 Å². The molecule has 1 saturated heterocycles. The number of ether oxygens (including phenoxy) is 1. The van der Waals surface area contributed by atoms with Crippen molar-refractivity contribution in [3.63, 3.8) is 0 Å². The highest BCUT2D eigenvalue weighted by atomic mass is 32.2. The molecule has 1 fully saturated rings. The van der Waals surface area contributed by atoms with Crippen LogP contribution in [0.25, 0.3) is 0 Å². The van der Waals surface area contributed by atoms with Crippen molar-refractivity contribution in [2.75, 3.05) is 40.3 Å². The molecule has 0 unspecified atom stereocenters. The number of likely N-dealkylation sites (N-methyl/N-ethyl adjacent to an activating group) is 1. The summed E-state index contributed by atoms with van der Waals surface area (Å²) in [4.78, 5) is 25.5. The number of amides is 1. The number of hydrogen-bond acceptors (Lipinski definition) is 6. The summed E-state index contributed by atoms with van der Waals surface area (Å²) in [5.41, 5.74) is 0. The number of carbonyl (C=O) groups is 2. The van der Waals surface area contributed by atoms with Gasteiger partial charge in [0.2, 0.25) is 15.9 Å². The third-order valence-electron chi connectivity index (χ3n) is 5.71. The van der Waals surface area contributed by atoms with Crippen molar-refractivity contribution in [1.82, 2.24) is 14.1 Å². The molecule has 2 atom stereocenters. The van der Waals surface area contributed by atoms with Gasteiger partial charge in [-0.15, -0.1) is 0 Å². The van der Waals surface area contributed by atoms with E-state index in [-0.39, 0.29) is 28.9 Å². The van der Waals surface area contributed by atoms with Crippen LogP contribution in [-0.2, 0) is 19.6 Å². The van der Waals surface area contributed by atoms with Crippen LogP contribution in [0.15, 0.2) is 29.2 Å². The Hall–Kier alpha value is -2.38. The molecule has 1 N–H and O–H groups in total. The number of para-hydroxylation sites is 1. The van der Waals surface area contributed by atoms with E-state index < -0.39 is 22.2 Å². The second kappa shape index (κ2) is 11.6. The number of fused-ring (bicyclic) bond motifs is 2. The smallest absolute Gasteiger partial charge is 0.487 e. The van der Waals surface area contributed by atoms with Gasteiger partial charge in [0.05, 0.1) is 6.04 Å². The van der Waals surface area contributed by atoms with E-state index in [0.29, 0.717) is 44.8 Å². The van der Waals surface area contributed by atoms with Gasteiger partial charge >= 0.3 is 12.1 Å². The maximum Gasteiger partial charge on any atom is 0.490 e. The van der Waals surface area contributed by atoms with Crippen LogP contribution in [0.5, 0.6) is 5.75 Å². The highest BCUT2D eigenvalue weighted by Crippen LogP contribution is 2.36. The minimum Gasteiger partial charge on any atom is -0.487 e. The Balaban J connectivity index is 0.000000540. The number of rotatable bonds is 4. The summed E-state index contributed by atoms with van der Waals surface area (Å²) in [5.74, 6) is -2.31. The predicted molar refractivity (Wildman–Crippen MR) is 121 cm³/mol. The summed E-state index contributed by atoms with van der Waals surface area (Å²) in [5, 5.41) is 7.12. The minimum atomic E-state index is -5.08. The van der Waals surface area contributed by atoms with Crippen molar-refractivity contribution in [3.05, 3.63) is 24.3 Å². The molecular formula is C22H32F3N3O6S. The molecule has 0 radical (unpaired) electrons. The van der Waals surface area contributed by atoms with Crippen LogP contribution >= 0.6 is 0 Å². The van der Waals surface area contributed by atoms with E-state index in [4.69, 9.17) is 14.6 Å². The molecule has 9 nitrogen and oxygen atoms in total. The van der Waals surface area contributed by atoms with Gasteiger partial charge in [-0.25, -0.2) is 13.2 Å². The number of hydrogen-bond donors (Lipinski definition) is 1. The van der Waals surface area contributed by atoms with E-state index in [0.717, 1.165) is 0 Å². The van der Waals surface area contributed by atoms with E-state index in [2.05, 4.69) is 0 Å². The average Bonchev–Trinajstić information content (AvgIpc) is 3.00. The van der Waals surface area contributed by atoms with Gasteiger partial charge in [0.1, 0.15) is 16.7 Å². The number of halogens is 3.